The maximum absolute atomic E-state index is 12.5. The molecule has 0 saturated heterocycles. The molecule has 0 saturated carbocycles. The summed E-state index contributed by atoms with van der Waals surface area (Å²) in [5.41, 5.74) is 0. The van der Waals surface area contributed by atoms with Crippen LogP contribution in [-0.4, -0.2) is 34.9 Å². The zero-order chi connectivity index (χ0) is 54.8. The van der Waals surface area contributed by atoms with Crippen molar-refractivity contribution in [3.63, 3.8) is 0 Å². The number of hydrogen-bond donors (Lipinski definition) is 3. The summed E-state index contributed by atoms with van der Waals surface area (Å²) in [6.07, 6.45) is 94.9. The van der Waals surface area contributed by atoms with Gasteiger partial charge in [0, 0.05) is 6.42 Å². The summed E-state index contributed by atoms with van der Waals surface area (Å²) in [5, 5.41) is 23.2. The van der Waals surface area contributed by atoms with Crippen molar-refractivity contribution >= 4 is 5.91 Å². The molecule has 0 aromatic rings. The third-order valence-corrected chi connectivity index (χ3v) is 16.3. The third-order valence-electron chi connectivity index (χ3n) is 16.3. The molecule has 2 atom stereocenters. The number of unbranched alkanes of at least 4 members (excludes halogenated alkanes) is 52. The van der Waals surface area contributed by atoms with E-state index in [4.69, 9.17) is 0 Å². The van der Waals surface area contributed by atoms with Crippen LogP contribution in [0.3, 0.4) is 0 Å². The van der Waals surface area contributed by atoms with Crippen LogP contribution in [-0.2, 0) is 4.79 Å². The van der Waals surface area contributed by atoms with Crippen LogP contribution < -0.4 is 5.32 Å². The van der Waals surface area contributed by atoms with E-state index in [1.165, 1.54) is 327 Å². The van der Waals surface area contributed by atoms with E-state index in [2.05, 4.69) is 55.6 Å². The molecule has 0 aliphatic heterocycles. The predicted octanol–water partition coefficient (Wildman–Crippen LogP) is 23.7. The first-order valence-corrected chi connectivity index (χ1v) is 34.9. The molecule has 0 heterocycles. The van der Waals surface area contributed by atoms with E-state index in [0.29, 0.717) is 6.42 Å². The molecule has 4 heteroatoms. The topological polar surface area (TPSA) is 69.6 Å². The number of nitrogens with one attached hydrogen (secondary N) is 1. The van der Waals surface area contributed by atoms with Gasteiger partial charge in [-0.25, -0.2) is 0 Å². The van der Waals surface area contributed by atoms with Gasteiger partial charge in [0.1, 0.15) is 0 Å². The van der Waals surface area contributed by atoms with Crippen LogP contribution in [0.25, 0.3) is 0 Å². The Hall–Kier alpha value is -1.65. The summed E-state index contributed by atoms with van der Waals surface area (Å²) >= 11 is 0. The van der Waals surface area contributed by atoms with Gasteiger partial charge in [0.2, 0.25) is 5.91 Å². The van der Waals surface area contributed by atoms with Gasteiger partial charge in [0.05, 0.1) is 18.8 Å². The molecule has 0 aliphatic carbocycles. The van der Waals surface area contributed by atoms with Gasteiger partial charge >= 0.3 is 0 Å². The average molecular weight is 1060 g/mol. The molecule has 2 unspecified atom stereocenters. The highest BCUT2D eigenvalue weighted by atomic mass is 16.3. The Labute approximate surface area is 477 Å². The van der Waals surface area contributed by atoms with E-state index in [1.807, 2.05) is 6.08 Å². The molecule has 4 nitrogen and oxygen atoms in total. The summed E-state index contributed by atoms with van der Waals surface area (Å²) in [6, 6.07) is -0.646. The first-order chi connectivity index (χ1) is 37.7. The van der Waals surface area contributed by atoms with Crippen molar-refractivity contribution < 1.29 is 15.0 Å². The fraction of sp³-hybridized carbons (Fsp3) is 0.875. The van der Waals surface area contributed by atoms with Crippen molar-refractivity contribution in [2.24, 2.45) is 0 Å². The molecule has 0 bridgehead atoms. The van der Waals surface area contributed by atoms with Crippen LogP contribution in [0.1, 0.15) is 386 Å². The number of allylic oxidation sites excluding steroid dienone is 7. The van der Waals surface area contributed by atoms with E-state index in [0.717, 1.165) is 38.5 Å². The molecule has 0 rings (SSSR count). The van der Waals surface area contributed by atoms with Gasteiger partial charge in [-0.15, -0.1) is 0 Å². The predicted molar refractivity (Wildman–Crippen MR) is 341 cm³/mol. The van der Waals surface area contributed by atoms with Crippen molar-refractivity contribution in [3.05, 3.63) is 48.6 Å². The molecule has 0 aromatic heterocycles. The highest BCUT2D eigenvalue weighted by Crippen LogP contribution is 2.19. The lowest BCUT2D eigenvalue weighted by atomic mass is 10.0. The number of aliphatic hydroxyl groups is 2. The molecular weight excluding hydrogens is 927 g/mol. The van der Waals surface area contributed by atoms with Crippen molar-refractivity contribution in [2.45, 2.75) is 398 Å². The Morgan fingerprint density at radius 3 is 0.763 bits per heavy atom. The van der Waals surface area contributed by atoms with E-state index in [-0.39, 0.29) is 12.5 Å². The standard InChI is InChI=1S/C72H137NO3/c1-3-5-7-9-11-13-15-17-19-21-23-25-27-29-31-32-33-34-35-36-37-38-39-40-42-44-46-48-50-52-54-56-58-60-62-64-66-68-72(76)73-70(69-74)71(75)67-65-63-61-59-57-55-53-51-49-47-45-43-41-30-28-26-24-22-20-18-16-14-12-10-8-6-4-2/h21,23,49,51,57,59,65,67,70-71,74-75H,3-20,22,24-48,50,52-56,58,60-64,66,68-69H2,1-2H3,(H,73,76)/b23-21-,51-49+,59-57+,67-65+. The quantitative estimate of drug-likeness (QED) is 0.0420. The van der Waals surface area contributed by atoms with Crippen LogP contribution in [0, 0.1) is 0 Å². The van der Waals surface area contributed by atoms with Crippen LogP contribution in [0.5, 0.6) is 0 Å². The van der Waals surface area contributed by atoms with Gasteiger partial charge in [-0.05, 0) is 70.6 Å². The number of hydrogen-bond acceptors (Lipinski definition) is 3. The zero-order valence-corrected chi connectivity index (χ0v) is 51.8. The van der Waals surface area contributed by atoms with Crippen LogP contribution in [0.4, 0.5) is 0 Å². The molecule has 76 heavy (non-hydrogen) atoms. The Morgan fingerprint density at radius 2 is 0.513 bits per heavy atom. The number of rotatable bonds is 65. The number of aliphatic hydroxyl groups excluding tert-OH is 2. The Bertz CT molecular complexity index is 1210. The minimum absolute atomic E-state index is 0.0706. The first kappa shape index (κ1) is 74.3. The van der Waals surface area contributed by atoms with Gasteiger partial charge in [0.25, 0.3) is 0 Å². The van der Waals surface area contributed by atoms with E-state index >= 15 is 0 Å². The van der Waals surface area contributed by atoms with Crippen molar-refractivity contribution in [2.75, 3.05) is 6.61 Å². The molecule has 0 radical (unpaired) electrons. The van der Waals surface area contributed by atoms with Crippen molar-refractivity contribution in [1.82, 2.24) is 5.32 Å². The lowest BCUT2D eigenvalue weighted by molar-refractivity contribution is -0.123. The fourth-order valence-electron chi connectivity index (χ4n) is 11.0. The zero-order valence-electron chi connectivity index (χ0n) is 51.8. The normalized spacial score (nSPS) is 12.9. The molecule has 0 aliphatic rings. The minimum atomic E-state index is -0.871. The second kappa shape index (κ2) is 67.6. The maximum Gasteiger partial charge on any atom is 0.220 e. The van der Waals surface area contributed by atoms with E-state index in [1.54, 1.807) is 6.08 Å². The lowest BCUT2D eigenvalue weighted by Gasteiger charge is -2.19. The summed E-state index contributed by atoms with van der Waals surface area (Å²) < 4.78 is 0. The third kappa shape index (κ3) is 63.2. The largest absolute Gasteiger partial charge is 0.394 e. The molecule has 1 amide bonds. The highest BCUT2D eigenvalue weighted by molar-refractivity contribution is 5.76. The van der Waals surface area contributed by atoms with Gasteiger partial charge in [-0.3, -0.25) is 4.79 Å². The van der Waals surface area contributed by atoms with Crippen LogP contribution >= 0.6 is 0 Å². The summed E-state index contributed by atoms with van der Waals surface area (Å²) in [7, 11) is 0. The SMILES string of the molecule is CCCCCCCCCC/C=C\CCCCCCCCCCCCCCCCCCCCCCCCCCCC(=O)NC(CO)C(O)/C=C/CC/C=C/CC/C=C/CCCCCCCCCCCCCCCCCCC. The molecule has 0 fully saturated rings. The first-order valence-electron chi connectivity index (χ1n) is 34.9. The maximum atomic E-state index is 12.5. The van der Waals surface area contributed by atoms with Gasteiger partial charge in [-0.2, -0.15) is 0 Å². The molecule has 0 aromatic carbocycles. The Balaban J connectivity index is 3.45. The fourth-order valence-corrected chi connectivity index (χ4v) is 11.0. The molecule has 3 N–H and O–H groups in total. The number of carbonyl (C=O) groups is 1. The smallest absolute Gasteiger partial charge is 0.220 e. The summed E-state index contributed by atoms with van der Waals surface area (Å²) in [5.74, 6) is -0.0706. The monoisotopic (exact) mass is 1060 g/mol. The van der Waals surface area contributed by atoms with E-state index < -0.39 is 12.1 Å². The highest BCUT2D eigenvalue weighted by Gasteiger charge is 2.18. The van der Waals surface area contributed by atoms with Gasteiger partial charge < -0.3 is 15.5 Å². The second-order valence-electron chi connectivity index (χ2n) is 23.9. The summed E-state index contributed by atoms with van der Waals surface area (Å²) in [4.78, 5) is 12.5. The molecule has 448 valence electrons. The number of amides is 1. The second-order valence-corrected chi connectivity index (χ2v) is 23.9. The minimum Gasteiger partial charge on any atom is -0.394 e. The summed E-state index contributed by atoms with van der Waals surface area (Å²) in [6.45, 7) is 4.34. The van der Waals surface area contributed by atoms with Crippen LogP contribution in [0.2, 0.25) is 0 Å². The van der Waals surface area contributed by atoms with E-state index in [9.17, 15) is 15.0 Å². The lowest BCUT2D eigenvalue weighted by Crippen LogP contribution is -2.45. The van der Waals surface area contributed by atoms with Crippen molar-refractivity contribution in [1.29, 1.82) is 0 Å². The van der Waals surface area contributed by atoms with Crippen molar-refractivity contribution in [3.8, 4) is 0 Å². The van der Waals surface area contributed by atoms with Crippen LogP contribution in [0.15, 0.2) is 48.6 Å². The molecular formula is C72H137NO3. The number of carbonyl (C=O) groups excluding carboxylic acids is 1. The average Bonchev–Trinajstić information content (AvgIpc) is 3.42. The van der Waals surface area contributed by atoms with Gasteiger partial charge in [-0.1, -0.05) is 358 Å². The van der Waals surface area contributed by atoms with Gasteiger partial charge in [0.15, 0.2) is 0 Å². The Kier molecular flexibility index (Phi) is 66.2. The Morgan fingerprint density at radius 1 is 0.303 bits per heavy atom. The molecule has 0 spiro atoms.